The summed E-state index contributed by atoms with van der Waals surface area (Å²) >= 11 is 0. The van der Waals surface area contributed by atoms with Crippen LogP contribution in [0.2, 0.25) is 0 Å². The summed E-state index contributed by atoms with van der Waals surface area (Å²) in [6.45, 7) is 8.46. The van der Waals surface area contributed by atoms with Crippen LogP contribution < -0.4 is 4.90 Å². The van der Waals surface area contributed by atoms with Crippen molar-refractivity contribution < 1.29 is 9.90 Å². The first kappa shape index (κ1) is 13.4. The number of carbonyl (C=O) groups is 1. The number of carboxylic acid groups (broad SMARTS) is 1. The number of rotatable bonds is 5. The summed E-state index contributed by atoms with van der Waals surface area (Å²) in [4.78, 5) is 21.2. The number of anilines is 1. The molecule has 5 heteroatoms. The Kier molecular flexibility index (Phi) is 4.43. The molecular formula is C12H19N3O2. The first-order valence-corrected chi connectivity index (χ1v) is 5.67. The van der Waals surface area contributed by atoms with Gasteiger partial charge in [-0.3, -0.25) is 9.78 Å². The molecule has 0 aliphatic rings. The third kappa shape index (κ3) is 4.01. The third-order valence-electron chi connectivity index (χ3n) is 2.42. The van der Waals surface area contributed by atoms with Gasteiger partial charge in [0, 0.05) is 6.54 Å². The van der Waals surface area contributed by atoms with Crippen molar-refractivity contribution in [3.63, 3.8) is 0 Å². The number of aromatic nitrogens is 2. The van der Waals surface area contributed by atoms with Crippen molar-refractivity contribution in [2.45, 2.75) is 27.7 Å². The van der Waals surface area contributed by atoms with Gasteiger partial charge >= 0.3 is 5.97 Å². The second kappa shape index (κ2) is 5.61. The zero-order valence-corrected chi connectivity index (χ0v) is 10.8. The van der Waals surface area contributed by atoms with Crippen LogP contribution in [0.1, 0.15) is 25.2 Å². The van der Waals surface area contributed by atoms with Crippen LogP contribution in [-0.2, 0) is 4.79 Å². The Morgan fingerprint density at radius 2 is 2.06 bits per heavy atom. The maximum atomic E-state index is 10.8. The van der Waals surface area contributed by atoms with Crippen LogP contribution >= 0.6 is 0 Å². The lowest BCUT2D eigenvalue weighted by Gasteiger charge is -2.23. The van der Waals surface area contributed by atoms with Crippen molar-refractivity contribution in [3.05, 3.63) is 17.6 Å². The first-order valence-electron chi connectivity index (χ1n) is 5.67. The molecule has 0 aliphatic heterocycles. The topological polar surface area (TPSA) is 66.3 Å². The maximum absolute atomic E-state index is 10.8. The van der Waals surface area contributed by atoms with E-state index in [-0.39, 0.29) is 6.54 Å². The van der Waals surface area contributed by atoms with Crippen LogP contribution in [0.25, 0.3) is 0 Å². The largest absolute Gasteiger partial charge is 0.480 e. The van der Waals surface area contributed by atoms with E-state index in [9.17, 15) is 4.79 Å². The van der Waals surface area contributed by atoms with Crippen LogP contribution in [0.5, 0.6) is 0 Å². The van der Waals surface area contributed by atoms with Crippen molar-refractivity contribution >= 4 is 11.8 Å². The number of carboxylic acids is 1. The molecule has 1 rings (SSSR count). The van der Waals surface area contributed by atoms with E-state index in [0.717, 1.165) is 11.4 Å². The summed E-state index contributed by atoms with van der Waals surface area (Å²) in [7, 11) is 0. The summed E-state index contributed by atoms with van der Waals surface area (Å²) in [6, 6.07) is 0. The second-order valence-electron chi connectivity index (χ2n) is 4.57. The van der Waals surface area contributed by atoms with Crippen LogP contribution in [0, 0.1) is 19.8 Å². The number of aliphatic carboxylic acids is 1. The van der Waals surface area contributed by atoms with E-state index in [1.165, 1.54) is 0 Å². The number of hydrogen-bond acceptors (Lipinski definition) is 4. The van der Waals surface area contributed by atoms with Crippen molar-refractivity contribution in [3.8, 4) is 0 Å². The molecule has 0 aromatic carbocycles. The lowest BCUT2D eigenvalue weighted by atomic mass is 10.2. The molecule has 94 valence electrons. The Balaban J connectivity index is 2.94. The maximum Gasteiger partial charge on any atom is 0.323 e. The highest BCUT2D eigenvalue weighted by atomic mass is 16.4. The molecule has 17 heavy (non-hydrogen) atoms. The van der Waals surface area contributed by atoms with Gasteiger partial charge in [-0.15, -0.1) is 0 Å². The van der Waals surface area contributed by atoms with Crippen molar-refractivity contribution in [2.75, 3.05) is 18.0 Å². The van der Waals surface area contributed by atoms with Gasteiger partial charge in [0.05, 0.1) is 17.6 Å². The number of hydrogen-bond donors (Lipinski definition) is 1. The Morgan fingerprint density at radius 3 is 2.53 bits per heavy atom. The standard InChI is InChI=1S/C12H19N3O2/c1-8(2)6-15(7-12(16)17)11-5-13-9(3)10(4)14-11/h5,8H,6-7H2,1-4H3,(H,16,17). The second-order valence-corrected chi connectivity index (χ2v) is 4.57. The molecule has 0 radical (unpaired) electrons. The van der Waals surface area contributed by atoms with Crippen LogP contribution in [-0.4, -0.2) is 34.1 Å². The van der Waals surface area contributed by atoms with Gasteiger partial charge in [0.15, 0.2) is 0 Å². The normalized spacial score (nSPS) is 10.6. The molecule has 0 unspecified atom stereocenters. The van der Waals surface area contributed by atoms with Gasteiger partial charge in [0.2, 0.25) is 0 Å². The lowest BCUT2D eigenvalue weighted by molar-refractivity contribution is -0.135. The van der Waals surface area contributed by atoms with Gasteiger partial charge in [-0.05, 0) is 19.8 Å². The molecular weight excluding hydrogens is 218 g/mol. The van der Waals surface area contributed by atoms with Gasteiger partial charge in [0.25, 0.3) is 0 Å². The molecule has 5 nitrogen and oxygen atoms in total. The summed E-state index contributed by atoms with van der Waals surface area (Å²) in [5.41, 5.74) is 1.70. The Morgan fingerprint density at radius 1 is 1.41 bits per heavy atom. The minimum atomic E-state index is -0.856. The van der Waals surface area contributed by atoms with E-state index in [1.807, 2.05) is 27.7 Å². The quantitative estimate of drug-likeness (QED) is 0.843. The molecule has 0 bridgehead atoms. The molecule has 1 aromatic heterocycles. The Bertz CT molecular complexity index is 405. The number of nitrogens with zero attached hydrogens (tertiary/aromatic N) is 3. The summed E-state index contributed by atoms with van der Waals surface area (Å²) in [5.74, 6) is 0.146. The first-order chi connectivity index (χ1) is 7.90. The predicted octanol–water partition coefficient (Wildman–Crippen LogP) is 1.64. The molecule has 0 saturated carbocycles. The van der Waals surface area contributed by atoms with E-state index in [0.29, 0.717) is 18.3 Å². The Hall–Kier alpha value is -1.65. The highest BCUT2D eigenvalue weighted by Gasteiger charge is 2.14. The minimum Gasteiger partial charge on any atom is -0.480 e. The van der Waals surface area contributed by atoms with Gasteiger partial charge in [-0.2, -0.15) is 0 Å². The van der Waals surface area contributed by atoms with E-state index in [2.05, 4.69) is 9.97 Å². The minimum absolute atomic E-state index is 0.0463. The zero-order valence-electron chi connectivity index (χ0n) is 10.8. The van der Waals surface area contributed by atoms with Crippen LogP contribution in [0.4, 0.5) is 5.82 Å². The predicted molar refractivity (Wildman–Crippen MR) is 66.2 cm³/mol. The van der Waals surface area contributed by atoms with Gasteiger partial charge in [-0.1, -0.05) is 13.8 Å². The average Bonchev–Trinajstić information content (AvgIpc) is 2.19. The van der Waals surface area contributed by atoms with E-state index in [1.54, 1.807) is 11.1 Å². The molecule has 1 heterocycles. The van der Waals surface area contributed by atoms with Crippen molar-refractivity contribution in [1.82, 2.24) is 9.97 Å². The molecule has 0 atom stereocenters. The molecule has 1 aromatic rings. The monoisotopic (exact) mass is 237 g/mol. The smallest absolute Gasteiger partial charge is 0.323 e. The lowest BCUT2D eigenvalue weighted by Crippen LogP contribution is -2.33. The Labute approximate surface area is 102 Å². The molecule has 0 spiro atoms. The third-order valence-corrected chi connectivity index (χ3v) is 2.42. The highest BCUT2D eigenvalue weighted by Crippen LogP contribution is 2.13. The molecule has 0 saturated heterocycles. The van der Waals surface area contributed by atoms with Crippen molar-refractivity contribution in [1.29, 1.82) is 0 Å². The summed E-state index contributed by atoms with van der Waals surface area (Å²) < 4.78 is 0. The zero-order chi connectivity index (χ0) is 13.0. The molecule has 0 aliphatic carbocycles. The SMILES string of the molecule is Cc1ncc(N(CC(=O)O)CC(C)C)nc1C. The fraction of sp³-hybridized carbons (Fsp3) is 0.583. The molecule has 1 N–H and O–H groups in total. The summed E-state index contributed by atoms with van der Waals surface area (Å²) in [6.07, 6.45) is 1.63. The number of aryl methyl sites for hydroxylation is 2. The van der Waals surface area contributed by atoms with Gasteiger partial charge in [-0.25, -0.2) is 4.98 Å². The molecule has 0 amide bonds. The highest BCUT2D eigenvalue weighted by molar-refractivity contribution is 5.73. The van der Waals surface area contributed by atoms with Crippen molar-refractivity contribution in [2.24, 2.45) is 5.92 Å². The fourth-order valence-electron chi connectivity index (χ4n) is 1.53. The van der Waals surface area contributed by atoms with E-state index >= 15 is 0 Å². The van der Waals surface area contributed by atoms with Gasteiger partial charge < -0.3 is 10.0 Å². The van der Waals surface area contributed by atoms with E-state index < -0.39 is 5.97 Å². The van der Waals surface area contributed by atoms with E-state index in [4.69, 9.17) is 5.11 Å². The molecule has 0 fully saturated rings. The fourth-order valence-corrected chi connectivity index (χ4v) is 1.53. The van der Waals surface area contributed by atoms with Crippen LogP contribution in [0.3, 0.4) is 0 Å². The average molecular weight is 237 g/mol. The van der Waals surface area contributed by atoms with Gasteiger partial charge in [0.1, 0.15) is 12.4 Å². The summed E-state index contributed by atoms with van der Waals surface area (Å²) in [5, 5.41) is 8.89. The van der Waals surface area contributed by atoms with Crippen LogP contribution in [0.15, 0.2) is 6.20 Å².